The van der Waals surface area contributed by atoms with Crippen LogP contribution in [-0.4, -0.2) is 36.1 Å². The Bertz CT molecular complexity index is 693. The molecule has 2 aliphatic heterocycles. The maximum Gasteiger partial charge on any atom is 0.229 e. The Morgan fingerprint density at radius 2 is 1.72 bits per heavy atom. The van der Waals surface area contributed by atoms with Crippen molar-refractivity contribution in [1.82, 2.24) is 9.97 Å². The fraction of sp³-hybridized carbons (Fsp3) is 0.500. The molecule has 0 amide bonds. The number of hydrogen-bond donors (Lipinski definition) is 1. The lowest BCUT2D eigenvalue weighted by Gasteiger charge is -2.31. The van der Waals surface area contributed by atoms with Crippen LogP contribution in [0.3, 0.4) is 0 Å². The van der Waals surface area contributed by atoms with Gasteiger partial charge < -0.3 is 15.1 Å². The minimum absolute atomic E-state index is 0.671. The van der Waals surface area contributed by atoms with Crippen molar-refractivity contribution >= 4 is 23.1 Å². The van der Waals surface area contributed by atoms with Gasteiger partial charge in [-0.05, 0) is 61.9 Å². The summed E-state index contributed by atoms with van der Waals surface area (Å²) in [5.74, 6) is 2.43. The Hall–Kier alpha value is -2.30. The maximum absolute atomic E-state index is 4.72. The molecule has 132 valence electrons. The van der Waals surface area contributed by atoms with Crippen LogP contribution in [0.25, 0.3) is 0 Å². The molecule has 0 spiro atoms. The highest BCUT2D eigenvalue weighted by Crippen LogP contribution is 2.25. The van der Waals surface area contributed by atoms with Crippen LogP contribution in [0.1, 0.15) is 32.6 Å². The number of hydrogen-bond acceptors (Lipinski definition) is 5. The van der Waals surface area contributed by atoms with Gasteiger partial charge >= 0.3 is 0 Å². The first kappa shape index (κ1) is 16.2. The molecule has 3 heterocycles. The lowest BCUT2D eigenvalue weighted by molar-refractivity contribution is 0.444. The van der Waals surface area contributed by atoms with Crippen LogP contribution in [0.2, 0.25) is 0 Å². The predicted molar refractivity (Wildman–Crippen MR) is 104 cm³/mol. The van der Waals surface area contributed by atoms with E-state index in [0.29, 0.717) is 5.95 Å². The van der Waals surface area contributed by atoms with Crippen molar-refractivity contribution in [2.24, 2.45) is 5.92 Å². The first-order valence-corrected chi connectivity index (χ1v) is 9.48. The summed E-state index contributed by atoms with van der Waals surface area (Å²) >= 11 is 0. The molecule has 4 rings (SSSR count). The molecule has 25 heavy (non-hydrogen) atoms. The summed E-state index contributed by atoms with van der Waals surface area (Å²) in [6, 6.07) is 10.6. The van der Waals surface area contributed by atoms with Gasteiger partial charge in [-0.3, -0.25) is 0 Å². The topological polar surface area (TPSA) is 44.3 Å². The van der Waals surface area contributed by atoms with Crippen LogP contribution >= 0.6 is 0 Å². The summed E-state index contributed by atoms with van der Waals surface area (Å²) in [4.78, 5) is 13.9. The van der Waals surface area contributed by atoms with E-state index < -0.39 is 0 Å². The fourth-order valence-corrected chi connectivity index (χ4v) is 3.84. The van der Waals surface area contributed by atoms with Crippen molar-refractivity contribution in [3.8, 4) is 0 Å². The highest BCUT2D eigenvalue weighted by Gasteiger charge is 2.18. The lowest BCUT2D eigenvalue weighted by atomic mass is 10.0. The van der Waals surface area contributed by atoms with Gasteiger partial charge in [0.25, 0.3) is 0 Å². The third-order valence-corrected chi connectivity index (χ3v) is 5.22. The third-order valence-electron chi connectivity index (χ3n) is 5.22. The van der Waals surface area contributed by atoms with Crippen LogP contribution < -0.4 is 15.1 Å². The van der Waals surface area contributed by atoms with Crippen molar-refractivity contribution in [2.45, 2.75) is 32.6 Å². The number of nitrogens with zero attached hydrogens (tertiary/aromatic N) is 4. The predicted octanol–water partition coefficient (Wildman–Crippen LogP) is 4.06. The van der Waals surface area contributed by atoms with E-state index in [9.17, 15) is 0 Å². The van der Waals surface area contributed by atoms with Crippen LogP contribution in [0.15, 0.2) is 36.5 Å². The largest absolute Gasteiger partial charge is 0.372 e. The standard InChI is InChI=1S/C20H27N5/c1-16-5-4-14-25(15-16)19-10-11-21-20(23-19)22-17-6-8-18(9-7-17)24-12-2-3-13-24/h6-11,16H,2-5,12-15H2,1H3,(H,21,22,23). The number of anilines is 4. The van der Waals surface area contributed by atoms with E-state index in [2.05, 4.69) is 51.3 Å². The molecule has 5 heteroatoms. The van der Waals surface area contributed by atoms with E-state index in [0.717, 1.165) is 30.5 Å². The second-order valence-corrected chi connectivity index (χ2v) is 7.30. The summed E-state index contributed by atoms with van der Waals surface area (Å²) < 4.78 is 0. The van der Waals surface area contributed by atoms with Crippen LogP contribution in [0.5, 0.6) is 0 Å². The zero-order valence-corrected chi connectivity index (χ0v) is 15.0. The van der Waals surface area contributed by atoms with Crippen LogP contribution in [-0.2, 0) is 0 Å². The summed E-state index contributed by atoms with van der Waals surface area (Å²) in [6.07, 6.45) is 7.01. The minimum Gasteiger partial charge on any atom is -0.372 e. The molecule has 1 aromatic carbocycles. The lowest BCUT2D eigenvalue weighted by Crippen LogP contribution is -2.34. The second-order valence-electron chi connectivity index (χ2n) is 7.30. The van der Waals surface area contributed by atoms with Gasteiger partial charge in [0.2, 0.25) is 5.95 Å². The molecule has 2 saturated heterocycles. The van der Waals surface area contributed by atoms with Crippen molar-refractivity contribution in [2.75, 3.05) is 41.3 Å². The van der Waals surface area contributed by atoms with Crippen molar-refractivity contribution < 1.29 is 0 Å². The van der Waals surface area contributed by atoms with Gasteiger partial charge in [-0.25, -0.2) is 4.98 Å². The minimum atomic E-state index is 0.671. The number of aromatic nitrogens is 2. The number of piperidine rings is 1. The fourth-order valence-electron chi connectivity index (χ4n) is 3.84. The zero-order chi connectivity index (χ0) is 17.1. The Morgan fingerprint density at radius 3 is 2.48 bits per heavy atom. The van der Waals surface area contributed by atoms with Crippen LogP contribution in [0, 0.1) is 5.92 Å². The van der Waals surface area contributed by atoms with Gasteiger partial charge in [-0.15, -0.1) is 0 Å². The molecule has 5 nitrogen and oxygen atoms in total. The molecule has 0 saturated carbocycles. The molecule has 1 unspecified atom stereocenters. The molecule has 0 aliphatic carbocycles. The Morgan fingerprint density at radius 1 is 0.960 bits per heavy atom. The number of benzene rings is 1. The van der Waals surface area contributed by atoms with E-state index in [4.69, 9.17) is 4.98 Å². The number of nitrogens with one attached hydrogen (secondary N) is 1. The average Bonchev–Trinajstić information content (AvgIpc) is 3.17. The molecule has 0 bridgehead atoms. The van der Waals surface area contributed by atoms with Crippen molar-refractivity contribution in [1.29, 1.82) is 0 Å². The SMILES string of the molecule is CC1CCCN(c2ccnc(Nc3ccc(N4CCCC4)cc3)n2)C1. The van der Waals surface area contributed by atoms with Gasteiger partial charge in [0.15, 0.2) is 0 Å². The molecule has 1 atom stereocenters. The molecule has 2 aromatic rings. The normalized spacial score (nSPS) is 20.8. The van der Waals surface area contributed by atoms with Gasteiger partial charge in [0, 0.05) is 43.8 Å². The highest BCUT2D eigenvalue weighted by atomic mass is 15.2. The molecule has 1 N–H and O–H groups in total. The average molecular weight is 337 g/mol. The molecule has 0 radical (unpaired) electrons. The quantitative estimate of drug-likeness (QED) is 0.911. The zero-order valence-electron chi connectivity index (χ0n) is 15.0. The third kappa shape index (κ3) is 3.86. The van der Waals surface area contributed by atoms with E-state index >= 15 is 0 Å². The summed E-state index contributed by atoms with van der Waals surface area (Å²) in [5, 5.41) is 3.34. The number of rotatable bonds is 4. The van der Waals surface area contributed by atoms with Gasteiger partial charge in [0.05, 0.1) is 0 Å². The van der Waals surface area contributed by atoms with E-state index in [1.807, 2.05) is 12.3 Å². The van der Waals surface area contributed by atoms with Crippen molar-refractivity contribution in [3.63, 3.8) is 0 Å². The first-order chi connectivity index (χ1) is 12.3. The van der Waals surface area contributed by atoms with Gasteiger partial charge in [-0.1, -0.05) is 6.92 Å². The Balaban J connectivity index is 1.44. The van der Waals surface area contributed by atoms with Gasteiger partial charge in [-0.2, -0.15) is 4.98 Å². The van der Waals surface area contributed by atoms with Gasteiger partial charge in [0.1, 0.15) is 5.82 Å². The summed E-state index contributed by atoms with van der Waals surface area (Å²) in [5.41, 5.74) is 2.34. The Kier molecular flexibility index (Phi) is 4.72. The Labute approximate surface area is 150 Å². The monoisotopic (exact) mass is 337 g/mol. The summed E-state index contributed by atoms with van der Waals surface area (Å²) in [7, 11) is 0. The molecule has 2 fully saturated rings. The highest BCUT2D eigenvalue weighted by molar-refractivity contribution is 5.60. The van der Waals surface area contributed by atoms with E-state index in [-0.39, 0.29) is 0 Å². The molecule has 2 aliphatic rings. The van der Waals surface area contributed by atoms with E-state index in [1.165, 1.54) is 44.5 Å². The first-order valence-electron chi connectivity index (χ1n) is 9.48. The molecule has 1 aromatic heterocycles. The maximum atomic E-state index is 4.72. The van der Waals surface area contributed by atoms with E-state index in [1.54, 1.807) is 0 Å². The van der Waals surface area contributed by atoms with Crippen molar-refractivity contribution in [3.05, 3.63) is 36.5 Å². The molecular weight excluding hydrogens is 310 g/mol. The van der Waals surface area contributed by atoms with Crippen LogP contribution in [0.4, 0.5) is 23.1 Å². The second kappa shape index (κ2) is 7.30. The summed E-state index contributed by atoms with van der Waals surface area (Å²) in [6.45, 7) is 6.83. The molecular formula is C20H27N5. The smallest absolute Gasteiger partial charge is 0.229 e.